The first-order valence-electron chi connectivity index (χ1n) is 6.09. The lowest BCUT2D eigenvalue weighted by Crippen LogP contribution is -2.36. The highest BCUT2D eigenvalue weighted by Crippen LogP contribution is 2.34. The van der Waals surface area contributed by atoms with E-state index in [1.807, 2.05) is 12.1 Å². The molecule has 6 heteroatoms. The number of nitrogens with two attached hydrogens (primary N) is 1. The quantitative estimate of drug-likeness (QED) is 0.920. The lowest BCUT2D eigenvalue weighted by Gasteiger charge is -2.30. The van der Waals surface area contributed by atoms with E-state index in [0.717, 1.165) is 42.0 Å². The third-order valence-corrected chi connectivity index (χ3v) is 3.60. The van der Waals surface area contributed by atoms with E-state index in [1.54, 1.807) is 6.07 Å². The van der Waals surface area contributed by atoms with Crippen molar-refractivity contribution in [1.29, 1.82) is 0 Å². The molecule has 0 radical (unpaired) electrons. The summed E-state index contributed by atoms with van der Waals surface area (Å²) < 4.78 is 11.7. The molecule has 0 amide bonds. The van der Waals surface area contributed by atoms with Gasteiger partial charge >= 0.3 is 0 Å². The zero-order valence-electron chi connectivity index (χ0n) is 10.3. The van der Waals surface area contributed by atoms with Gasteiger partial charge < -0.3 is 19.9 Å². The van der Waals surface area contributed by atoms with Crippen molar-refractivity contribution in [3.63, 3.8) is 0 Å². The highest BCUT2D eigenvalue weighted by atomic mass is 79.9. The molecule has 1 aromatic heterocycles. The van der Waals surface area contributed by atoms with Gasteiger partial charge in [-0.2, -0.15) is 0 Å². The number of halogens is 1. The van der Waals surface area contributed by atoms with Gasteiger partial charge in [-0.15, -0.1) is 0 Å². The summed E-state index contributed by atoms with van der Waals surface area (Å²) in [6, 6.07) is 7.86. The molecule has 0 spiro atoms. The fourth-order valence-corrected chi connectivity index (χ4v) is 2.56. The van der Waals surface area contributed by atoms with Crippen LogP contribution in [0.2, 0.25) is 0 Å². The zero-order chi connectivity index (χ0) is 13.2. The highest BCUT2D eigenvalue weighted by molar-refractivity contribution is 9.10. The number of ether oxygens (including phenoxy) is 1. The van der Waals surface area contributed by atoms with E-state index in [2.05, 4.69) is 32.1 Å². The summed E-state index contributed by atoms with van der Waals surface area (Å²) >= 11 is 3.49. The molecule has 1 aliphatic heterocycles. The van der Waals surface area contributed by atoms with Gasteiger partial charge in [0.25, 0.3) is 0 Å². The maximum atomic E-state index is 5.63. The molecule has 1 fully saturated rings. The Labute approximate surface area is 119 Å². The number of anilines is 2. The molecule has 0 aliphatic carbocycles. The van der Waals surface area contributed by atoms with Crippen molar-refractivity contribution in [2.75, 3.05) is 36.9 Å². The third kappa shape index (κ3) is 2.59. The van der Waals surface area contributed by atoms with Crippen LogP contribution in [0.5, 0.6) is 0 Å². The van der Waals surface area contributed by atoms with Gasteiger partial charge in [-0.1, -0.05) is 21.1 Å². The summed E-state index contributed by atoms with van der Waals surface area (Å²) in [5.74, 6) is 1.07. The van der Waals surface area contributed by atoms with Gasteiger partial charge in [0.05, 0.1) is 13.2 Å². The van der Waals surface area contributed by atoms with E-state index in [1.165, 1.54) is 0 Å². The fourth-order valence-electron chi connectivity index (χ4n) is 2.20. The Balaban J connectivity index is 2.03. The summed E-state index contributed by atoms with van der Waals surface area (Å²) in [7, 11) is 0. The number of nitrogens with zero attached hydrogens (tertiary/aromatic N) is 2. The minimum absolute atomic E-state index is 0.392. The molecule has 19 heavy (non-hydrogen) atoms. The number of aromatic nitrogens is 1. The third-order valence-electron chi connectivity index (χ3n) is 3.10. The van der Waals surface area contributed by atoms with Crippen molar-refractivity contribution in [3.8, 4) is 11.3 Å². The normalized spacial score (nSPS) is 15.7. The van der Waals surface area contributed by atoms with E-state index in [9.17, 15) is 0 Å². The van der Waals surface area contributed by atoms with E-state index in [-0.39, 0.29) is 0 Å². The minimum atomic E-state index is 0.392. The van der Waals surface area contributed by atoms with Crippen LogP contribution in [0.15, 0.2) is 33.3 Å². The number of rotatable bonds is 2. The average Bonchev–Trinajstić information content (AvgIpc) is 2.86. The Hall–Kier alpha value is -1.53. The molecule has 1 aliphatic rings. The van der Waals surface area contributed by atoms with Crippen LogP contribution < -0.4 is 10.6 Å². The van der Waals surface area contributed by atoms with E-state index >= 15 is 0 Å². The average molecular weight is 324 g/mol. The largest absolute Gasteiger partial charge is 0.381 e. The molecule has 0 bridgehead atoms. The molecular weight excluding hydrogens is 310 g/mol. The number of nitrogen functional groups attached to an aromatic ring is 1. The second-order valence-corrected chi connectivity index (χ2v) is 5.29. The SMILES string of the molecule is Nc1cc(-c2cc(Br)ccc2N2CCOCC2)on1. The Morgan fingerprint density at radius 2 is 2.00 bits per heavy atom. The van der Waals surface area contributed by atoms with Crippen molar-refractivity contribution in [2.24, 2.45) is 0 Å². The predicted octanol–water partition coefficient (Wildman–Crippen LogP) is 2.52. The van der Waals surface area contributed by atoms with Crippen LogP contribution in [0, 0.1) is 0 Å². The summed E-state index contributed by atoms with van der Waals surface area (Å²) in [6.07, 6.45) is 0. The van der Waals surface area contributed by atoms with Crippen LogP contribution >= 0.6 is 15.9 Å². The van der Waals surface area contributed by atoms with Gasteiger partial charge in [0, 0.05) is 34.9 Å². The molecule has 1 aromatic carbocycles. The first-order chi connectivity index (χ1) is 9.24. The molecule has 3 rings (SSSR count). The molecular formula is C13H14BrN3O2. The smallest absolute Gasteiger partial charge is 0.171 e. The maximum Gasteiger partial charge on any atom is 0.171 e. The van der Waals surface area contributed by atoms with Gasteiger partial charge in [0.15, 0.2) is 11.6 Å². The van der Waals surface area contributed by atoms with Gasteiger partial charge in [-0.3, -0.25) is 0 Å². The second-order valence-electron chi connectivity index (χ2n) is 4.38. The molecule has 2 aromatic rings. The zero-order valence-corrected chi connectivity index (χ0v) is 11.9. The van der Waals surface area contributed by atoms with Crippen molar-refractivity contribution in [2.45, 2.75) is 0 Å². The molecule has 5 nitrogen and oxygen atoms in total. The van der Waals surface area contributed by atoms with Crippen molar-refractivity contribution < 1.29 is 9.26 Å². The van der Waals surface area contributed by atoms with Crippen LogP contribution in [-0.4, -0.2) is 31.5 Å². The first-order valence-corrected chi connectivity index (χ1v) is 6.88. The molecule has 0 saturated carbocycles. The molecule has 100 valence electrons. The number of benzene rings is 1. The lowest BCUT2D eigenvalue weighted by molar-refractivity contribution is 0.122. The number of morpholine rings is 1. The summed E-state index contributed by atoms with van der Waals surface area (Å²) in [4.78, 5) is 2.28. The second kappa shape index (κ2) is 5.22. The van der Waals surface area contributed by atoms with Gasteiger partial charge in [0.1, 0.15) is 0 Å². The summed E-state index contributed by atoms with van der Waals surface area (Å²) in [6.45, 7) is 3.23. The Morgan fingerprint density at radius 3 is 2.68 bits per heavy atom. The van der Waals surface area contributed by atoms with Crippen molar-refractivity contribution in [3.05, 3.63) is 28.7 Å². The molecule has 1 saturated heterocycles. The standard InChI is InChI=1S/C13H14BrN3O2/c14-9-1-2-11(17-3-5-18-6-4-17)10(7-9)12-8-13(15)16-19-12/h1-2,7-8H,3-6H2,(H2,15,16). The predicted molar refractivity (Wildman–Crippen MR) is 77.1 cm³/mol. The van der Waals surface area contributed by atoms with E-state index < -0.39 is 0 Å². The lowest BCUT2D eigenvalue weighted by atomic mass is 10.1. The van der Waals surface area contributed by atoms with Crippen LogP contribution in [0.3, 0.4) is 0 Å². The topological polar surface area (TPSA) is 64.5 Å². The van der Waals surface area contributed by atoms with Gasteiger partial charge in [-0.25, -0.2) is 0 Å². The van der Waals surface area contributed by atoms with E-state index in [4.69, 9.17) is 15.0 Å². The van der Waals surface area contributed by atoms with Crippen molar-refractivity contribution >= 4 is 27.4 Å². The monoisotopic (exact) mass is 323 g/mol. The Kier molecular flexibility index (Phi) is 3.44. The molecule has 0 unspecified atom stereocenters. The summed E-state index contributed by atoms with van der Waals surface area (Å²) in [5, 5.41) is 3.75. The molecule has 0 atom stereocenters. The molecule has 2 N–H and O–H groups in total. The van der Waals surface area contributed by atoms with Crippen LogP contribution in [0.4, 0.5) is 11.5 Å². The minimum Gasteiger partial charge on any atom is -0.381 e. The van der Waals surface area contributed by atoms with Crippen LogP contribution in [0.1, 0.15) is 0 Å². The first kappa shape index (κ1) is 12.5. The Morgan fingerprint density at radius 1 is 1.21 bits per heavy atom. The number of hydrogen-bond acceptors (Lipinski definition) is 5. The summed E-state index contributed by atoms with van der Waals surface area (Å²) in [5.41, 5.74) is 7.73. The molecule has 2 heterocycles. The van der Waals surface area contributed by atoms with Crippen LogP contribution in [-0.2, 0) is 4.74 Å². The maximum absolute atomic E-state index is 5.63. The van der Waals surface area contributed by atoms with Crippen molar-refractivity contribution in [1.82, 2.24) is 5.16 Å². The van der Waals surface area contributed by atoms with E-state index in [0.29, 0.717) is 11.6 Å². The highest BCUT2D eigenvalue weighted by Gasteiger charge is 2.18. The fraction of sp³-hybridized carbons (Fsp3) is 0.308. The van der Waals surface area contributed by atoms with Crippen LogP contribution in [0.25, 0.3) is 11.3 Å². The number of hydrogen-bond donors (Lipinski definition) is 1. The van der Waals surface area contributed by atoms with Gasteiger partial charge in [-0.05, 0) is 18.2 Å². The van der Waals surface area contributed by atoms with Gasteiger partial charge in [0.2, 0.25) is 0 Å². The Bertz CT molecular complexity index is 579.